The Morgan fingerprint density at radius 1 is 1.31 bits per heavy atom. The Balaban J connectivity index is 1.55. The first kappa shape index (κ1) is 18.6. The third-order valence-electron chi connectivity index (χ3n) is 5.36. The smallest absolute Gasteiger partial charge is 0.227 e. The summed E-state index contributed by atoms with van der Waals surface area (Å²) in [6.45, 7) is 8.38. The number of likely N-dealkylation sites (tertiary alicyclic amines) is 1. The minimum Gasteiger partial charge on any atom is -0.348 e. The highest BCUT2D eigenvalue weighted by Gasteiger charge is 2.37. The molecule has 0 spiro atoms. The molecule has 1 aliphatic heterocycles. The number of nitrogens with one attached hydrogen (secondary N) is 1. The largest absolute Gasteiger partial charge is 0.348 e. The summed E-state index contributed by atoms with van der Waals surface area (Å²) in [5, 5.41) is 11.3. The number of hydrogen-bond acceptors (Lipinski definition) is 4. The third kappa shape index (κ3) is 4.49. The van der Waals surface area contributed by atoms with Crippen LogP contribution in [0, 0.1) is 5.41 Å². The number of carbonyl (C=O) groups excluding carboxylic acids is 1. The highest BCUT2D eigenvalue weighted by molar-refractivity contribution is 5.82. The Bertz CT molecular complexity index is 714. The lowest BCUT2D eigenvalue weighted by Gasteiger charge is -2.38. The molecule has 1 N–H and O–H groups in total. The molecule has 140 valence electrons. The number of benzene rings is 1. The number of hydrogen-bond donors (Lipinski definition) is 1. The van der Waals surface area contributed by atoms with Crippen LogP contribution >= 0.6 is 0 Å². The summed E-state index contributed by atoms with van der Waals surface area (Å²) < 4.78 is 2.02. The summed E-state index contributed by atoms with van der Waals surface area (Å²) >= 11 is 0. The van der Waals surface area contributed by atoms with Crippen LogP contribution in [0.3, 0.4) is 0 Å². The molecule has 0 saturated carbocycles. The van der Waals surface area contributed by atoms with Crippen LogP contribution in [0.15, 0.2) is 36.7 Å². The second kappa shape index (κ2) is 8.45. The van der Waals surface area contributed by atoms with E-state index in [2.05, 4.69) is 46.4 Å². The van der Waals surface area contributed by atoms with Crippen LogP contribution in [-0.2, 0) is 24.3 Å². The number of amides is 1. The summed E-state index contributed by atoms with van der Waals surface area (Å²) in [5.41, 5.74) is 0.967. The molecule has 26 heavy (non-hydrogen) atoms. The van der Waals surface area contributed by atoms with Gasteiger partial charge in [-0.1, -0.05) is 37.3 Å². The Hall–Kier alpha value is -2.21. The van der Waals surface area contributed by atoms with Crippen LogP contribution in [0.5, 0.6) is 0 Å². The minimum absolute atomic E-state index is 0.119. The highest BCUT2D eigenvalue weighted by atomic mass is 16.2. The fourth-order valence-corrected chi connectivity index (χ4v) is 3.67. The molecule has 1 atom stereocenters. The van der Waals surface area contributed by atoms with E-state index in [-0.39, 0.29) is 11.3 Å². The van der Waals surface area contributed by atoms with Crippen LogP contribution in [-0.4, -0.2) is 45.2 Å². The Morgan fingerprint density at radius 3 is 2.88 bits per heavy atom. The molecular weight excluding hydrogens is 326 g/mol. The van der Waals surface area contributed by atoms with Gasteiger partial charge in [-0.05, 0) is 44.8 Å². The van der Waals surface area contributed by atoms with Crippen LogP contribution < -0.4 is 5.32 Å². The van der Waals surface area contributed by atoms with Crippen molar-refractivity contribution in [2.24, 2.45) is 5.41 Å². The van der Waals surface area contributed by atoms with Gasteiger partial charge in [-0.2, -0.15) is 0 Å². The van der Waals surface area contributed by atoms with E-state index in [0.717, 1.165) is 51.3 Å². The molecule has 6 heteroatoms. The zero-order chi connectivity index (χ0) is 18.4. The molecule has 3 rings (SSSR count). The van der Waals surface area contributed by atoms with Gasteiger partial charge in [-0.3, -0.25) is 4.79 Å². The quantitative estimate of drug-likeness (QED) is 0.827. The average Bonchev–Trinajstić information content (AvgIpc) is 3.12. The first-order chi connectivity index (χ1) is 12.6. The van der Waals surface area contributed by atoms with E-state index in [1.807, 2.05) is 22.8 Å². The molecule has 0 radical (unpaired) electrons. The number of rotatable bonds is 7. The zero-order valence-electron chi connectivity index (χ0n) is 15.8. The second-order valence-electron chi connectivity index (χ2n) is 7.39. The zero-order valence-corrected chi connectivity index (χ0v) is 15.8. The van der Waals surface area contributed by atoms with Gasteiger partial charge >= 0.3 is 0 Å². The minimum atomic E-state index is -0.316. The first-order valence-electron chi connectivity index (χ1n) is 9.52. The van der Waals surface area contributed by atoms with Gasteiger partial charge in [-0.15, -0.1) is 10.2 Å². The van der Waals surface area contributed by atoms with E-state index in [0.29, 0.717) is 6.54 Å². The first-order valence-corrected chi connectivity index (χ1v) is 9.52. The Kier molecular flexibility index (Phi) is 6.04. The van der Waals surface area contributed by atoms with E-state index in [9.17, 15) is 4.79 Å². The summed E-state index contributed by atoms with van der Waals surface area (Å²) in [5.74, 6) is 0.925. The molecule has 0 aliphatic carbocycles. The van der Waals surface area contributed by atoms with Crippen LogP contribution in [0.4, 0.5) is 0 Å². The number of nitrogens with zero attached hydrogens (tertiary/aromatic N) is 4. The van der Waals surface area contributed by atoms with E-state index < -0.39 is 0 Å². The van der Waals surface area contributed by atoms with E-state index in [1.54, 1.807) is 6.33 Å². The number of aryl methyl sites for hydroxylation is 2. The molecular formula is C20H29N5O. The normalized spacial score (nSPS) is 20.8. The van der Waals surface area contributed by atoms with Gasteiger partial charge in [0.05, 0.1) is 12.0 Å². The van der Waals surface area contributed by atoms with Gasteiger partial charge in [0.15, 0.2) is 5.82 Å². The van der Waals surface area contributed by atoms with E-state index in [4.69, 9.17) is 0 Å². The van der Waals surface area contributed by atoms with Gasteiger partial charge in [0.1, 0.15) is 6.33 Å². The molecule has 1 aliphatic rings. The fourth-order valence-electron chi connectivity index (χ4n) is 3.67. The van der Waals surface area contributed by atoms with Crippen molar-refractivity contribution in [3.8, 4) is 0 Å². The molecule has 1 amide bonds. The predicted molar refractivity (Wildman–Crippen MR) is 101 cm³/mol. The molecule has 0 unspecified atom stereocenters. The molecule has 1 aromatic carbocycles. The van der Waals surface area contributed by atoms with Crippen molar-refractivity contribution in [2.45, 2.75) is 46.2 Å². The fraction of sp³-hybridized carbons (Fsp3) is 0.550. The van der Waals surface area contributed by atoms with Crippen molar-refractivity contribution in [1.29, 1.82) is 0 Å². The van der Waals surface area contributed by atoms with Crippen molar-refractivity contribution >= 4 is 5.91 Å². The van der Waals surface area contributed by atoms with Crippen LogP contribution in [0.25, 0.3) is 0 Å². The van der Waals surface area contributed by atoms with Crippen molar-refractivity contribution in [3.63, 3.8) is 0 Å². The highest BCUT2D eigenvalue weighted by Crippen LogP contribution is 2.29. The van der Waals surface area contributed by atoms with E-state index in [1.165, 1.54) is 5.56 Å². The summed E-state index contributed by atoms with van der Waals surface area (Å²) in [7, 11) is 0. The van der Waals surface area contributed by atoms with Gasteiger partial charge in [0.2, 0.25) is 5.91 Å². The van der Waals surface area contributed by atoms with Gasteiger partial charge in [-0.25, -0.2) is 0 Å². The Morgan fingerprint density at radius 2 is 2.12 bits per heavy atom. The monoisotopic (exact) mass is 355 g/mol. The SMILES string of the molecule is CCN1CCC[C@](C)(C(=O)NCc2nncn2CCc2ccccc2)C1. The third-order valence-corrected chi connectivity index (χ3v) is 5.36. The molecule has 1 saturated heterocycles. The maximum absolute atomic E-state index is 12.8. The number of aromatic nitrogens is 3. The predicted octanol–water partition coefficient (Wildman–Crippen LogP) is 2.26. The molecule has 0 bridgehead atoms. The summed E-state index contributed by atoms with van der Waals surface area (Å²) in [4.78, 5) is 15.1. The lowest BCUT2D eigenvalue weighted by Crippen LogP contribution is -2.50. The van der Waals surface area contributed by atoms with Crippen molar-refractivity contribution in [2.75, 3.05) is 19.6 Å². The average molecular weight is 355 g/mol. The molecule has 6 nitrogen and oxygen atoms in total. The molecule has 1 fully saturated rings. The lowest BCUT2D eigenvalue weighted by atomic mass is 9.81. The maximum atomic E-state index is 12.8. The topological polar surface area (TPSA) is 63.1 Å². The van der Waals surface area contributed by atoms with Crippen LogP contribution in [0.2, 0.25) is 0 Å². The second-order valence-corrected chi connectivity index (χ2v) is 7.39. The van der Waals surface area contributed by atoms with Gasteiger partial charge < -0.3 is 14.8 Å². The van der Waals surface area contributed by atoms with E-state index >= 15 is 0 Å². The van der Waals surface area contributed by atoms with Crippen molar-refractivity contribution in [3.05, 3.63) is 48.0 Å². The molecule has 1 aromatic heterocycles. The molecule has 2 aromatic rings. The molecule has 2 heterocycles. The number of piperidine rings is 1. The van der Waals surface area contributed by atoms with Gasteiger partial charge in [0.25, 0.3) is 0 Å². The van der Waals surface area contributed by atoms with Crippen molar-refractivity contribution < 1.29 is 4.79 Å². The summed E-state index contributed by atoms with van der Waals surface area (Å²) in [6, 6.07) is 10.4. The Labute approximate surface area is 155 Å². The lowest BCUT2D eigenvalue weighted by molar-refractivity contribution is -0.133. The van der Waals surface area contributed by atoms with Gasteiger partial charge in [0, 0.05) is 13.1 Å². The summed E-state index contributed by atoms with van der Waals surface area (Å²) in [6.07, 6.45) is 4.68. The standard InChI is InChI=1S/C20H29N5O/c1-3-24-12-7-11-20(2,15-24)19(26)21-14-18-23-22-16-25(18)13-10-17-8-5-4-6-9-17/h4-6,8-9,16H,3,7,10-15H2,1-2H3,(H,21,26)/t20-/m0/s1. The van der Waals surface area contributed by atoms with Crippen LogP contribution in [0.1, 0.15) is 38.1 Å². The van der Waals surface area contributed by atoms with Crippen molar-refractivity contribution in [1.82, 2.24) is 25.0 Å². The number of carbonyl (C=O) groups is 1. The maximum Gasteiger partial charge on any atom is 0.227 e.